The molecular weight excluding hydrogens is 364 g/mol. The van der Waals surface area contributed by atoms with Gasteiger partial charge in [-0.3, -0.25) is 9.78 Å². The lowest BCUT2D eigenvalue weighted by Crippen LogP contribution is -2.20. The van der Waals surface area contributed by atoms with E-state index in [2.05, 4.69) is 25.7 Å². The van der Waals surface area contributed by atoms with Gasteiger partial charge in [0.1, 0.15) is 11.4 Å². The number of halogens is 7. The van der Waals surface area contributed by atoms with Crippen molar-refractivity contribution in [2.75, 3.05) is 0 Å². The van der Waals surface area contributed by atoms with Crippen LogP contribution >= 0.6 is 27.5 Å². The normalized spacial score (nSPS) is 11.8. The summed E-state index contributed by atoms with van der Waals surface area (Å²) in [5.41, 5.74) is -2.24. The van der Waals surface area contributed by atoms with E-state index < -0.39 is 45.9 Å². The average Bonchev–Trinajstić information content (AvgIpc) is 2.25. The zero-order valence-corrected chi connectivity index (χ0v) is 11.1. The highest BCUT2D eigenvalue weighted by molar-refractivity contribution is 9.08. The summed E-state index contributed by atoms with van der Waals surface area (Å²) in [5.74, 6) is -1.07. The van der Waals surface area contributed by atoms with E-state index in [4.69, 9.17) is 11.6 Å². The van der Waals surface area contributed by atoms with E-state index in [1.54, 1.807) is 0 Å². The summed E-state index contributed by atoms with van der Waals surface area (Å²) >= 11 is 7.81. The van der Waals surface area contributed by atoms with Crippen molar-refractivity contribution in [3.8, 4) is 5.75 Å². The third-order valence-corrected chi connectivity index (χ3v) is 2.69. The molecule has 0 saturated carbocycles. The second-order valence-corrected chi connectivity index (χ2v) is 4.02. The number of carbonyl (C=O) groups is 1. The van der Waals surface area contributed by atoms with Gasteiger partial charge in [0.05, 0.1) is 5.56 Å². The Labute approximate surface area is 116 Å². The second-order valence-electron chi connectivity index (χ2n) is 3.12. The highest BCUT2D eigenvalue weighted by Crippen LogP contribution is 2.36. The largest absolute Gasteiger partial charge is 0.573 e. The molecule has 1 heterocycles. The molecule has 19 heavy (non-hydrogen) atoms. The van der Waals surface area contributed by atoms with Gasteiger partial charge in [-0.05, 0) is 11.6 Å². The SMILES string of the molecule is O=C(Cl)c1cnc(C(F)F)c(CBr)c1OC(F)(F)F. The Morgan fingerprint density at radius 1 is 1.47 bits per heavy atom. The van der Waals surface area contributed by atoms with Gasteiger partial charge in [-0.15, -0.1) is 13.2 Å². The monoisotopic (exact) mass is 367 g/mol. The van der Waals surface area contributed by atoms with Crippen LogP contribution in [0, 0.1) is 0 Å². The summed E-state index contributed by atoms with van der Waals surface area (Å²) in [6, 6.07) is 0. The van der Waals surface area contributed by atoms with Crippen molar-refractivity contribution < 1.29 is 31.5 Å². The first-order valence-electron chi connectivity index (χ1n) is 4.48. The molecule has 0 N–H and O–H groups in total. The molecule has 10 heteroatoms. The van der Waals surface area contributed by atoms with E-state index in [1.165, 1.54) is 0 Å². The van der Waals surface area contributed by atoms with Crippen LogP contribution in [0.25, 0.3) is 0 Å². The maximum Gasteiger partial charge on any atom is 0.573 e. The summed E-state index contributed by atoms with van der Waals surface area (Å²) in [6.45, 7) is 0. The van der Waals surface area contributed by atoms with Gasteiger partial charge in [0.2, 0.25) is 0 Å². The van der Waals surface area contributed by atoms with Gasteiger partial charge >= 0.3 is 6.36 Å². The molecule has 1 aromatic rings. The lowest BCUT2D eigenvalue weighted by atomic mass is 10.1. The number of pyridine rings is 1. The minimum absolute atomic E-state index is 0.414. The molecule has 0 spiro atoms. The van der Waals surface area contributed by atoms with Crippen LogP contribution in [-0.4, -0.2) is 16.6 Å². The van der Waals surface area contributed by atoms with E-state index in [0.29, 0.717) is 6.20 Å². The number of hydrogen-bond donors (Lipinski definition) is 0. The molecule has 3 nitrogen and oxygen atoms in total. The predicted molar refractivity (Wildman–Crippen MR) is 58.7 cm³/mol. The highest BCUT2D eigenvalue weighted by Gasteiger charge is 2.35. The zero-order valence-electron chi connectivity index (χ0n) is 8.77. The molecule has 0 saturated heterocycles. The zero-order chi connectivity index (χ0) is 14.8. The van der Waals surface area contributed by atoms with Gasteiger partial charge in [-0.1, -0.05) is 15.9 Å². The number of carbonyl (C=O) groups excluding carboxylic acids is 1. The van der Waals surface area contributed by atoms with Crippen LogP contribution in [0.1, 0.15) is 28.0 Å². The van der Waals surface area contributed by atoms with Crippen LogP contribution < -0.4 is 4.74 Å². The smallest absolute Gasteiger partial charge is 0.405 e. The Morgan fingerprint density at radius 2 is 2.05 bits per heavy atom. The van der Waals surface area contributed by atoms with Gasteiger partial charge in [0.25, 0.3) is 11.7 Å². The lowest BCUT2D eigenvalue weighted by Gasteiger charge is -2.16. The number of alkyl halides is 6. The van der Waals surface area contributed by atoms with Crippen LogP contribution in [0.4, 0.5) is 22.0 Å². The molecule has 0 aromatic carbocycles. The van der Waals surface area contributed by atoms with E-state index in [0.717, 1.165) is 0 Å². The Balaban J connectivity index is 3.50. The van der Waals surface area contributed by atoms with Crippen molar-refractivity contribution in [2.45, 2.75) is 18.1 Å². The second kappa shape index (κ2) is 6.00. The molecule has 106 valence electrons. The molecule has 0 aliphatic heterocycles. The molecule has 1 rings (SSSR count). The summed E-state index contributed by atoms with van der Waals surface area (Å²) in [5, 5.41) is -1.71. The van der Waals surface area contributed by atoms with Crippen LogP contribution in [0.3, 0.4) is 0 Å². The van der Waals surface area contributed by atoms with Crippen LogP contribution in [0.15, 0.2) is 6.20 Å². The van der Waals surface area contributed by atoms with Crippen molar-refractivity contribution in [1.29, 1.82) is 0 Å². The molecule has 0 aliphatic rings. The molecule has 0 bridgehead atoms. The van der Waals surface area contributed by atoms with Crippen molar-refractivity contribution in [2.24, 2.45) is 0 Å². The number of ether oxygens (including phenoxy) is 1. The Hall–Kier alpha value is -0.960. The van der Waals surface area contributed by atoms with Gasteiger partial charge in [0.15, 0.2) is 0 Å². The number of nitrogens with zero attached hydrogens (tertiary/aromatic N) is 1. The number of aromatic nitrogens is 1. The maximum absolute atomic E-state index is 12.6. The molecule has 1 aromatic heterocycles. The highest BCUT2D eigenvalue weighted by atomic mass is 79.9. The molecule has 0 amide bonds. The third kappa shape index (κ3) is 4.00. The van der Waals surface area contributed by atoms with E-state index in [1.807, 2.05) is 0 Å². The fourth-order valence-electron chi connectivity index (χ4n) is 1.24. The Kier molecular flexibility index (Phi) is 5.08. The molecule has 0 unspecified atom stereocenters. The van der Waals surface area contributed by atoms with Crippen molar-refractivity contribution in [3.63, 3.8) is 0 Å². The fraction of sp³-hybridized carbons (Fsp3) is 0.333. The van der Waals surface area contributed by atoms with Gasteiger partial charge < -0.3 is 4.74 Å². The van der Waals surface area contributed by atoms with E-state index in [-0.39, 0.29) is 0 Å². The fourth-order valence-corrected chi connectivity index (χ4v) is 1.92. The first kappa shape index (κ1) is 16.1. The molecule has 0 atom stereocenters. The summed E-state index contributed by atoms with van der Waals surface area (Å²) in [6.07, 6.45) is -7.76. The van der Waals surface area contributed by atoms with Gasteiger partial charge in [0, 0.05) is 17.1 Å². The minimum Gasteiger partial charge on any atom is -0.405 e. The quantitative estimate of drug-likeness (QED) is 0.454. The predicted octanol–water partition coefficient (Wildman–Crippen LogP) is 4.19. The lowest BCUT2D eigenvalue weighted by molar-refractivity contribution is -0.275. The van der Waals surface area contributed by atoms with Crippen molar-refractivity contribution >= 4 is 32.8 Å². The molecule has 0 radical (unpaired) electrons. The third-order valence-electron chi connectivity index (χ3n) is 1.93. The molecular formula is C9H4BrClF5NO2. The standard InChI is InChI=1S/C9H4BrClF5NO2/c10-1-3-5(8(12)13)17-2-4(7(11)18)6(3)19-9(14,15)16/h2,8H,1H2. The van der Waals surface area contributed by atoms with Crippen LogP contribution in [0.5, 0.6) is 5.75 Å². The Morgan fingerprint density at radius 3 is 2.42 bits per heavy atom. The molecule has 0 fully saturated rings. The average molecular weight is 368 g/mol. The van der Waals surface area contributed by atoms with Crippen LogP contribution in [-0.2, 0) is 5.33 Å². The summed E-state index contributed by atoms with van der Waals surface area (Å²) in [7, 11) is 0. The van der Waals surface area contributed by atoms with Gasteiger partial charge in [-0.2, -0.15) is 0 Å². The molecule has 0 aliphatic carbocycles. The first-order chi connectivity index (χ1) is 8.67. The minimum atomic E-state index is -5.15. The van der Waals surface area contributed by atoms with E-state index >= 15 is 0 Å². The first-order valence-corrected chi connectivity index (χ1v) is 5.98. The van der Waals surface area contributed by atoms with Crippen molar-refractivity contribution in [3.05, 3.63) is 23.0 Å². The van der Waals surface area contributed by atoms with Crippen LogP contribution in [0.2, 0.25) is 0 Å². The topological polar surface area (TPSA) is 39.2 Å². The Bertz CT molecular complexity index is 494. The van der Waals surface area contributed by atoms with Crippen molar-refractivity contribution in [1.82, 2.24) is 4.98 Å². The number of rotatable bonds is 4. The maximum atomic E-state index is 12.6. The summed E-state index contributed by atoms with van der Waals surface area (Å²) in [4.78, 5) is 14.2. The van der Waals surface area contributed by atoms with E-state index in [9.17, 15) is 26.7 Å². The number of hydrogen-bond acceptors (Lipinski definition) is 3. The van der Waals surface area contributed by atoms with Gasteiger partial charge in [-0.25, -0.2) is 8.78 Å². The summed E-state index contributed by atoms with van der Waals surface area (Å²) < 4.78 is 65.5.